The van der Waals surface area contributed by atoms with Crippen molar-refractivity contribution >= 4 is 34.6 Å². The summed E-state index contributed by atoms with van der Waals surface area (Å²) in [7, 11) is 0. The first kappa shape index (κ1) is 28.2. The number of ether oxygens (including phenoxy) is 1. The Morgan fingerprint density at radius 3 is 2.74 bits per heavy atom. The number of pyridine rings is 1. The van der Waals surface area contributed by atoms with Crippen molar-refractivity contribution in [3.05, 3.63) is 54.0 Å². The molecule has 2 heterocycles. The molecule has 3 atom stereocenters. The molecule has 1 aliphatic heterocycles. The second kappa shape index (κ2) is 13.8. The molecule has 2 rings (SSSR count). The number of nitrogens with one attached hydrogen (secondary N) is 3. The number of thioether (sulfide) groups is 1. The number of carbonyl (C=O) groups excluding carboxylic acids is 4. The minimum absolute atomic E-state index is 0.0140. The number of aliphatic hydroxyl groups excluding tert-OH is 1. The maximum Gasteiger partial charge on any atom is 0.274 e. The highest BCUT2D eigenvalue weighted by atomic mass is 32.2. The van der Waals surface area contributed by atoms with E-state index in [1.54, 1.807) is 38.1 Å². The second-order valence-electron chi connectivity index (χ2n) is 8.29. The Bertz CT molecular complexity index is 981. The summed E-state index contributed by atoms with van der Waals surface area (Å²) in [6, 6.07) is 3.90. The van der Waals surface area contributed by atoms with Gasteiger partial charge in [-0.2, -0.15) is 0 Å². The van der Waals surface area contributed by atoms with Gasteiger partial charge in [0.05, 0.1) is 36.5 Å². The minimum Gasteiger partial charge on any atom is -0.366 e. The van der Waals surface area contributed by atoms with Gasteiger partial charge in [0.25, 0.3) is 11.8 Å². The van der Waals surface area contributed by atoms with Crippen molar-refractivity contribution in [2.75, 3.05) is 5.75 Å². The molecule has 0 aromatic carbocycles. The number of nitrogens with zero attached hydrogens (tertiary/aromatic N) is 1. The summed E-state index contributed by atoms with van der Waals surface area (Å²) in [5.74, 6) is -1.34. The summed E-state index contributed by atoms with van der Waals surface area (Å²) in [5.41, 5.74) is 0.299. The molecule has 0 spiro atoms. The molecule has 0 radical (unpaired) electrons. The van der Waals surface area contributed by atoms with E-state index in [0.717, 1.165) is 0 Å². The van der Waals surface area contributed by atoms with E-state index in [-0.39, 0.29) is 41.3 Å². The van der Waals surface area contributed by atoms with Crippen LogP contribution >= 0.6 is 11.8 Å². The van der Waals surface area contributed by atoms with E-state index in [0.29, 0.717) is 17.9 Å². The fourth-order valence-electron chi connectivity index (χ4n) is 3.16. The SMILES string of the molecule is C=C1NC(=O)c2cccc(n2)CNC(=O)C[C@@H](/C=C/CCSC(C)=O)OC(O)[C@H](C(C)C)NC1=O. The molecular weight excluding hydrogens is 472 g/mol. The molecule has 190 valence electrons. The molecule has 4 N–H and O–H groups in total. The maximum absolute atomic E-state index is 12.6. The first-order chi connectivity index (χ1) is 16.6. The number of rotatable bonds is 5. The van der Waals surface area contributed by atoms with Crippen LogP contribution in [0.1, 0.15) is 49.8 Å². The van der Waals surface area contributed by atoms with E-state index >= 15 is 0 Å². The number of aliphatic hydroxyl groups is 1. The second-order valence-corrected chi connectivity index (χ2v) is 9.56. The van der Waals surface area contributed by atoms with Crippen LogP contribution in [-0.4, -0.2) is 57.1 Å². The molecule has 11 heteroatoms. The maximum atomic E-state index is 12.6. The molecule has 1 unspecified atom stereocenters. The highest BCUT2D eigenvalue weighted by molar-refractivity contribution is 8.13. The summed E-state index contributed by atoms with van der Waals surface area (Å²) in [6.07, 6.45) is 1.68. The fraction of sp³-hybridized carbons (Fsp3) is 0.458. The van der Waals surface area contributed by atoms with Crippen LogP contribution in [0.4, 0.5) is 0 Å². The van der Waals surface area contributed by atoms with Gasteiger partial charge in [-0.1, -0.05) is 50.4 Å². The summed E-state index contributed by atoms with van der Waals surface area (Å²) in [6.45, 7) is 8.74. The van der Waals surface area contributed by atoms with E-state index in [4.69, 9.17) is 4.74 Å². The van der Waals surface area contributed by atoms with Crippen LogP contribution in [0.5, 0.6) is 0 Å². The average Bonchev–Trinajstić information content (AvgIpc) is 2.79. The zero-order chi connectivity index (χ0) is 26.0. The number of aromatic nitrogens is 1. The lowest BCUT2D eigenvalue weighted by atomic mass is 10.0. The first-order valence-corrected chi connectivity index (χ1v) is 12.2. The van der Waals surface area contributed by atoms with Crippen LogP contribution in [0.3, 0.4) is 0 Å². The van der Waals surface area contributed by atoms with Gasteiger partial charge in [0.2, 0.25) is 5.91 Å². The standard InChI is InChI=1S/C24H32N4O6S/c1-14(2)21-24(33)34-18(9-5-6-11-35-16(4)29)12-20(30)25-13-17-8-7-10-19(27-17)23(32)26-15(3)22(31)28-21/h5,7-10,14,18,21,24,33H,3,6,11-13H2,1-2,4H3,(H,25,30)(H,26,32)(H,28,31)/b9-5+/t18-,21+,24?/m1/s1. The monoisotopic (exact) mass is 504 g/mol. The Morgan fingerprint density at radius 2 is 2.06 bits per heavy atom. The minimum atomic E-state index is -1.45. The van der Waals surface area contributed by atoms with Crippen molar-refractivity contribution in [2.24, 2.45) is 5.92 Å². The molecule has 10 nitrogen and oxygen atoms in total. The van der Waals surface area contributed by atoms with Crippen LogP contribution in [0.15, 0.2) is 42.6 Å². The summed E-state index contributed by atoms with van der Waals surface area (Å²) in [4.78, 5) is 53.1. The lowest BCUT2D eigenvalue weighted by molar-refractivity contribution is -0.157. The topological polar surface area (TPSA) is 147 Å². The van der Waals surface area contributed by atoms with Crippen molar-refractivity contribution in [1.29, 1.82) is 0 Å². The predicted molar refractivity (Wildman–Crippen MR) is 132 cm³/mol. The Hall–Kier alpha value is -3.02. The van der Waals surface area contributed by atoms with Gasteiger partial charge >= 0.3 is 0 Å². The van der Waals surface area contributed by atoms with Crippen molar-refractivity contribution in [2.45, 2.75) is 58.6 Å². The van der Waals surface area contributed by atoms with Crippen LogP contribution < -0.4 is 16.0 Å². The fourth-order valence-corrected chi connectivity index (χ4v) is 3.70. The highest BCUT2D eigenvalue weighted by Gasteiger charge is 2.29. The first-order valence-electron chi connectivity index (χ1n) is 11.2. The number of allylic oxidation sites excluding steroid dienone is 1. The number of hydrogen-bond donors (Lipinski definition) is 4. The normalized spacial score (nSPS) is 22.6. The summed E-state index contributed by atoms with van der Waals surface area (Å²) >= 11 is 1.19. The number of amides is 3. The van der Waals surface area contributed by atoms with Gasteiger partial charge in [0.15, 0.2) is 11.4 Å². The number of fused-ring (bicyclic) bond motifs is 2. The largest absolute Gasteiger partial charge is 0.366 e. The molecule has 1 aliphatic rings. The predicted octanol–water partition coefficient (Wildman–Crippen LogP) is 1.42. The molecule has 2 bridgehead atoms. The highest BCUT2D eigenvalue weighted by Crippen LogP contribution is 2.15. The molecule has 35 heavy (non-hydrogen) atoms. The van der Waals surface area contributed by atoms with Gasteiger partial charge in [-0.3, -0.25) is 19.2 Å². The van der Waals surface area contributed by atoms with Gasteiger partial charge < -0.3 is 25.8 Å². The molecule has 0 aliphatic carbocycles. The quantitative estimate of drug-likeness (QED) is 0.267. The lowest BCUT2D eigenvalue weighted by Gasteiger charge is -2.30. The van der Waals surface area contributed by atoms with Crippen LogP contribution in [0, 0.1) is 5.92 Å². The summed E-state index contributed by atoms with van der Waals surface area (Å²) in [5, 5.41) is 18.5. The van der Waals surface area contributed by atoms with Gasteiger partial charge in [-0.15, -0.1) is 0 Å². The Labute approximate surface area is 209 Å². The third kappa shape index (κ3) is 9.63. The van der Waals surface area contributed by atoms with Gasteiger partial charge in [-0.05, 0) is 24.5 Å². The van der Waals surface area contributed by atoms with Crippen LogP contribution in [-0.2, 0) is 25.7 Å². The Kier molecular flexibility index (Phi) is 11.1. The molecule has 1 aromatic rings. The van der Waals surface area contributed by atoms with Crippen molar-refractivity contribution < 1.29 is 29.0 Å². The van der Waals surface area contributed by atoms with Crippen LogP contribution in [0.25, 0.3) is 0 Å². The zero-order valence-corrected chi connectivity index (χ0v) is 20.9. The third-order valence-corrected chi connectivity index (χ3v) is 5.86. The zero-order valence-electron chi connectivity index (χ0n) is 20.1. The van der Waals surface area contributed by atoms with Crippen molar-refractivity contribution in [1.82, 2.24) is 20.9 Å². The van der Waals surface area contributed by atoms with E-state index in [1.165, 1.54) is 24.8 Å². The Morgan fingerprint density at radius 1 is 1.31 bits per heavy atom. The lowest BCUT2D eigenvalue weighted by Crippen LogP contribution is -2.50. The van der Waals surface area contributed by atoms with E-state index < -0.39 is 30.3 Å². The van der Waals surface area contributed by atoms with Crippen molar-refractivity contribution in [3.63, 3.8) is 0 Å². The smallest absolute Gasteiger partial charge is 0.274 e. The van der Waals surface area contributed by atoms with Gasteiger partial charge in [0.1, 0.15) is 5.69 Å². The van der Waals surface area contributed by atoms with Gasteiger partial charge in [0, 0.05) is 12.7 Å². The third-order valence-electron chi connectivity index (χ3n) is 5.01. The molecule has 3 amide bonds. The number of hydrogen-bond acceptors (Lipinski definition) is 8. The molecule has 0 saturated heterocycles. The van der Waals surface area contributed by atoms with Crippen LogP contribution in [0.2, 0.25) is 0 Å². The van der Waals surface area contributed by atoms with Crippen molar-refractivity contribution in [3.8, 4) is 0 Å². The van der Waals surface area contributed by atoms with E-state index in [1.807, 2.05) is 0 Å². The van der Waals surface area contributed by atoms with E-state index in [2.05, 4.69) is 27.5 Å². The Balaban J connectivity index is 2.28. The molecule has 1 aromatic heterocycles. The average molecular weight is 505 g/mol. The molecular formula is C24H32N4O6S. The molecule has 0 saturated carbocycles. The summed E-state index contributed by atoms with van der Waals surface area (Å²) < 4.78 is 5.76. The molecule has 0 fully saturated rings. The number of carbonyl (C=O) groups is 4. The van der Waals surface area contributed by atoms with Gasteiger partial charge in [-0.25, -0.2) is 4.98 Å². The van der Waals surface area contributed by atoms with E-state index in [9.17, 15) is 24.3 Å².